The van der Waals surface area contributed by atoms with Gasteiger partial charge in [0.25, 0.3) is 0 Å². The van der Waals surface area contributed by atoms with Gasteiger partial charge in [0, 0.05) is 36.6 Å². The normalized spacial score (nSPS) is 16.0. The number of aromatic nitrogens is 3. The van der Waals surface area contributed by atoms with Gasteiger partial charge < -0.3 is 15.5 Å². The third kappa shape index (κ3) is 5.90. The molecule has 1 aromatic heterocycles. The first-order valence-electron chi connectivity index (χ1n) is 10.5. The van der Waals surface area contributed by atoms with Crippen LogP contribution in [0.3, 0.4) is 0 Å². The van der Waals surface area contributed by atoms with Gasteiger partial charge in [-0.3, -0.25) is 14.5 Å². The number of nitrogens with zero attached hydrogens (tertiary/aromatic N) is 5. The highest BCUT2D eigenvalue weighted by molar-refractivity contribution is 8.00. The van der Waals surface area contributed by atoms with E-state index >= 15 is 0 Å². The maximum Gasteiger partial charge on any atom is 0.234 e. The van der Waals surface area contributed by atoms with Crippen LogP contribution in [-0.4, -0.2) is 80.8 Å². The maximum absolute atomic E-state index is 12.7. The highest BCUT2D eigenvalue weighted by Gasteiger charge is 2.24. The number of para-hydroxylation sites is 1. The van der Waals surface area contributed by atoms with Crippen LogP contribution < -0.4 is 10.6 Å². The number of piperazine rings is 1. The lowest BCUT2D eigenvalue weighted by Gasteiger charge is -2.34. The molecule has 32 heavy (non-hydrogen) atoms. The van der Waals surface area contributed by atoms with E-state index in [1.165, 1.54) is 23.5 Å². The summed E-state index contributed by atoms with van der Waals surface area (Å²) >= 11 is 2.82. The lowest BCUT2D eigenvalue weighted by Crippen LogP contribution is -2.53. The molecule has 0 saturated carbocycles. The van der Waals surface area contributed by atoms with Gasteiger partial charge in [0.1, 0.15) is 0 Å². The molecule has 0 radical (unpaired) electrons. The first kappa shape index (κ1) is 22.8. The van der Waals surface area contributed by atoms with Crippen molar-refractivity contribution in [1.82, 2.24) is 30.3 Å². The molecule has 2 N–H and O–H groups in total. The van der Waals surface area contributed by atoms with E-state index in [2.05, 4.69) is 30.7 Å². The predicted octanol–water partition coefficient (Wildman–Crippen LogP) is 2.23. The molecule has 1 saturated heterocycles. The topological polar surface area (TPSA) is 103 Å². The predicted molar refractivity (Wildman–Crippen MR) is 125 cm³/mol. The summed E-state index contributed by atoms with van der Waals surface area (Å²) in [5, 5.41) is 15.9. The first-order valence-corrected chi connectivity index (χ1v) is 12.3. The Morgan fingerprint density at radius 1 is 1.16 bits per heavy atom. The summed E-state index contributed by atoms with van der Waals surface area (Å²) in [6, 6.07) is 7.97. The van der Waals surface area contributed by atoms with Crippen LogP contribution in [0.1, 0.15) is 20.8 Å². The molecular formula is C21H27N7O2S2. The van der Waals surface area contributed by atoms with Crippen LogP contribution in [0.2, 0.25) is 0 Å². The van der Waals surface area contributed by atoms with Gasteiger partial charge in [0.05, 0.1) is 18.0 Å². The summed E-state index contributed by atoms with van der Waals surface area (Å²) in [5.41, 5.74) is 0.753. The fraction of sp³-hybridized carbons (Fsp3) is 0.476. The van der Waals surface area contributed by atoms with Crippen LogP contribution in [-0.2, 0) is 9.59 Å². The number of hydrogen-bond acceptors (Lipinski definition) is 9. The third-order valence-corrected chi connectivity index (χ3v) is 6.78. The zero-order valence-electron chi connectivity index (χ0n) is 18.4. The molecule has 9 nitrogen and oxygen atoms in total. The van der Waals surface area contributed by atoms with Gasteiger partial charge in [-0.2, -0.15) is 0 Å². The molecule has 0 bridgehead atoms. The average molecular weight is 474 g/mol. The Balaban J connectivity index is 1.24. The number of fused-ring (bicyclic) bond motifs is 2. The highest BCUT2D eigenvalue weighted by atomic mass is 32.2. The minimum atomic E-state index is -0.239. The van der Waals surface area contributed by atoms with Crippen LogP contribution in [0.15, 0.2) is 39.3 Å². The van der Waals surface area contributed by atoms with E-state index in [4.69, 9.17) is 0 Å². The Labute approximate surface area is 196 Å². The Hall–Kier alpha value is -2.37. The Morgan fingerprint density at radius 3 is 2.66 bits per heavy atom. The average Bonchev–Trinajstić information content (AvgIpc) is 2.75. The molecule has 0 aliphatic carbocycles. The molecule has 11 heteroatoms. The first-order chi connectivity index (χ1) is 15.3. The zero-order chi connectivity index (χ0) is 22.7. The van der Waals surface area contributed by atoms with Crippen molar-refractivity contribution in [3.8, 4) is 0 Å². The largest absolute Gasteiger partial charge is 0.350 e. The molecule has 170 valence electrons. The van der Waals surface area contributed by atoms with Crippen LogP contribution in [0.5, 0.6) is 0 Å². The fourth-order valence-electron chi connectivity index (χ4n) is 3.44. The number of nitrogens with one attached hydrogen (secondary N) is 2. The van der Waals surface area contributed by atoms with E-state index in [0.717, 1.165) is 15.6 Å². The maximum atomic E-state index is 12.7. The number of amides is 2. The van der Waals surface area contributed by atoms with Crippen molar-refractivity contribution in [2.24, 2.45) is 0 Å². The molecule has 0 unspecified atom stereocenters. The second kappa shape index (κ2) is 9.63. The van der Waals surface area contributed by atoms with Crippen molar-refractivity contribution >= 4 is 46.8 Å². The van der Waals surface area contributed by atoms with Gasteiger partial charge in [-0.05, 0) is 32.9 Å². The third-order valence-electron chi connectivity index (χ3n) is 4.91. The highest BCUT2D eigenvalue weighted by Crippen LogP contribution is 2.41. The van der Waals surface area contributed by atoms with E-state index in [0.29, 0.717) is 43.7 Å². The van der Waals surface area contributed by atoms with Crippen LogP contribution in [0.25, 0.3) is 0 Å². The molecular weight excluding hydrogens is 446 g/mol. The quantitative estimate of drug-likeness (QED) is 0.540. The summed E-state index contributed by atoms with van der Waals surface area (Å²) in [7, 11) is 0. The van der Waals surface area contributed by atoms with E-state index in [9.17, 15) is 9.59 Å². The minimum Gasteiger partial charge on any atom is -0.350 e. The second-order valence-electron chi connectivity index (χ2n) is 8.72. The van der Waals surface area contributed by atoms with Crippen LogP contribution in [0.4, 0.5) is 11.5 Å². The van der Waals surface area contributed by atoms with Crippen LogP contribution in [0, 0.1) is 0 Å². The number of thioether (sulfide) groups is 1. The fourth-order valence-corrected chi connectivity index (χ4v) is 4.99. The summed E-state index contributed by atoms with van der Waals surface area (Å²) in [4.78, 5) is 34.3. The van der Waals surface area contributed by atoms with Gasteiger partial charge in [-0.25, -0.2) is 4.98 Å². The summed E-state index contributed by atoms with van der Waals surface area (Å²) < 4.78 is 0. The van der Waals surface area contributed by atoms with Crippen LogP contribution >= 0.6 is 23.5 Å². The lowest BCUT2D eigenvalue weighted by molar-refractivity contribution is -0.130. The standard InChI is InChI=1S/C21H27N7O2S2/c1-21(2,3)24-16(29)12-27-8-10-28(11-9-27)17(30)13-31-20-23-18-19(25-26-20)32-15-7-5-4-6-14(15)22-18/h4-7H,8-13H2,1-3H3,(H,24,29)(H,22,23,26). The van der Waals surface area contributed by atoms with Crippen molar-refractivity contribution in [1.29, 1.82) is 0 Å². The molecule has 0 spiro atoms. The molecule has 2 amide bonds. The van der Waals surface area contributed by atoms with Gasteiger partial charge in [0.2, 0.25) is 17.0 Å². The molecule has 2 aromatic rings. The van der Waals surface area contributed by atoms with E-state index < -0.39 is 0 Å². The smallest absolute Gasteiger partial charge is 0.234 e. The number of anilines is 2. The van der Waals surface area contributed by atoms with E-state index in [1.54, 1.807) is 0 Å². The minimum absolute atomic E-state index is 0.0132. The van der Waals surface area contributed by atoms with Crippen molar-refractivity contribution < 1.29 is 9.59 Å². The van der Waals surface area contributed by atoms with Crippen molar-refractivity contribution in [2.45, 2.75) is 41.4 Å². The van der Waals surface area contributed by atoms with Gasteiger partial charge >= 0.3 is 0 Å². The van der Waals surface area contributed by atoms with Gasteiger partial charge in [-0.1, -0.05) is 35.7 Å². The molecule has 2 aliphatic rings. The Bertz CT molecular complexity index is 1000. The molecule has 1 aromatic carbocycles. The summed E-state index contributed by atoms with van der Waals surface area (Å²) in [5.74, 6) is 0.984. The number of rotatable bonds is 5. The molecule has 4 rings (SSSR count). The number of carbonyl (C=O) groups excluding carboxylic acids is 2. The van der Waals surface area contributed by atoms with Crippen molar-refractivity contribution in [2.75, 3.05) is 43.8 Å². The molecule has 1 fully saturated rings. The molecule has 3 heterocycles. The molecule has 2 aliphatic heterocycles. The van der Waals surface area contributed by atoms with E-state index in [1.807, 2.05) is 49.9 Å². The monoisotopic (exact) mass is 473 g/mol. The number of hydrogen-bond donors (Lipinski definition) is 2. The number of carbonyl (C=O) groups is 2. The zero-order valence-corrected chi connectivity index (χ0v) is 20.1. The Morgan fingerprint density at radius 2 is 1.91 bits per heavy atom. The number of benzene rings is 1. The molecule has 0 atom stereocenters. The summed E-state index contributed by atoms with van der Waals surface area (Å²) in [6.07, 6.45) is 0. The Kier molecular flexibility index (Phi) is 6.87. The van der Waals surface area contributed by atoms with E-state index in [-0.39, 0.29) is 23.1 Å². The van der Waals surface area contributed by atoms with Crippen molar-refractivity contribution in [3.05, 3.63) is 24.3 Å². The second-order valence-corrected chi connectivity index (χ2v) is 10.7. The lowest BCUT2D eigenvalue weighted by atomic mass is 10.1. The van der Waals surface area contributed by atoms with Gasteiger partial charge in [-0.15, -0.1) is 10.2 Å². The van der Waals surface area contributed by atoms with Gasteiger partial charge in [0.15, 0.2) is 10.8 Å². The SMILES string of the molecule is CC(C)(C)NC(=O)CN1CCN(C(=O)CSc2nnc3c(n2)Nc2ccccc2S3)CC1. The van der Waals surface area contributed by atoms with Crippen molar-refractivity contribution in [3.63, 3.8) is 0 Å². The summed E-state index contributed by atoms with van der Waals surface area (Å²) in [6.45, 7) is 8.85.